The Kier molecular flexibility index (Phi) is 6.04. The molecule has 0 fully saturated rings. The molecule has 0 aliphatic rings. The van der Waals surface area contributed by atoms with Gasteiger partial charge in [0.15, 0.2) is 0 Å². The highest BCUT2D eigenvalue weighted by molar-refractivity contribution is 5.75. The summed E-state index contributed by atoms with van der Waals surface area (Å²) in [5.74, 6) is 0.00478. The van der Waals surface area contributed by atoms with Crippen LogP contribution in [-0.2, 0) is 4.79 Å². The van der Waals surface area contributed by atoms with Crippen LogP contribution in [0.4, 0.5) is 0 Å². The predicted molar refractivity (Wildman–Crippen MR) is 68.5 cm³/mol. The fourth-order valence-electron chi connectivity index (χ4n) is 1.51. The van der Waals surface area contributed by atoms with Crippen LogP contribution in [0.3, 0.4) is 0 Å². The second kappa shape index (κ2) is 7.63. The molecule has 3 nitrogen and oxygen atoms in total. The number of hydrogen-bond donors (Lipinski definition) is 2. The molecule has 3 heteroatoms. The molecule has 1 aromatic rings. The predicted octanol–water partition coefficient (Wildman–Crippen LogP) is 2.19. The first kappa shape index (κ1) is 13.5. The van der Waals surface area contributed by atoms with E-state index < -0.39 is 6.10 Å². The van der Waals surface area contributed by atoms with Crippen molar-refractivity contribution in [3.8, 4) is 0 Å². The number of carbonyl (C=O) groups excluding carboxylic acids is 1. The van der Waals surface area contributed by atoms with Gasteiger partial charge in [0, 0.05) is 13.0 Å². The fourth-order valence-corrected chi connectivity index (χ4v) is 1.51. The van der Waals surface area contributed by atoms with Gasteiger partial charge in [-0.1, -0.05) is 36.4 Å². The summed E-state index contributed by atoms with van der Waals surface area (Å²) in [6, 6.07) is 9.45. The van der Waals surface area contributed by atoms with E-state index in [4.69, 9.17) is 0 Å². The smallest absolute Gasteiger partial charge is 0.220 e. The summed E-state index contributed by atoms with van der Waals surface area (Å²) in [5.41, 5.74) is 0.882. The molecule has 0 spiro atoms. The highest BCUT2D eigenvalue weighted by atomic mass is 16.3. The minimum absolute atomic E-state index is 0.00478. The SMILES string of the molecule is C=CCCC(=O)NCCC(O)c1ccccc1. The Balaban J connectivity index is 2.22. The number of hydrogen-bond acceptors (Lipinski definition) is 2. The van der Waals surface area contributed by atoms with Crippen LogP contribution in [0.5, 0.6) is 0 Å². The molecule has 1 unspecified atom stereocenters. The third kappa shape index (κ3) is 5.31. The second-order valence-electron chi connectivity index (χ2n) is 3.89. The topological polar surface area (TPSA) is 49.3 Å². The zero-order valence-corrected chi connectivity index (χ0v) is 9.93. The lowest BCUT2D eigenvalue weighted by atomic mass is 10.1. The normalized spacial score (nSPS) is 11.8. The molecule has 0 aliphatic carbocycles. The van der Waals surface area contributed by atoms with E-state index in [1.807, 2.05) is 30.3 Å². The second-order valence-corrected chi connectivity index (χ2v) is 3.89. The van der Waals surface area contributed by atoms with Crippen LogP contribution in [0.15, 0.2) is 43.0 Å². The third-order valence-corrected chi connectivity index (χ3v) is 2.50. The number of carbonyl (C=O) groups is 1. The van der Waals surface area contributed by atoms with E-state index in [1.165, 1.54) is 0 Å². The van der Waals surface area contributed by atoms with Gasteiger partial charge in [0.1, 0.15) is 0 Å². The minimum Gasteiger partial charge on any atom is -0.388 e. The lowest BCUT2D eigenvalue weighted by Crippen LogP contribution is -2.25. The van der Waals surface area contributed by atoms with E-state index in [2.05, 4.69) is 11.9 Å². The maximum atomic E-state index is 11.3. The Morgan fingerprint density at radius 1 is 1.41 bits per heavy atom. The summed E-state index contributed by atoms with van der Waals surface area (Å²) < 4.78 is 0. The zero-order valence-electron chi connectivity index (χ0n) is 9.93. The van der Waals surface area contributed by atoms with Crippen LogP contribution in [0.1, 0.15) is 30.9 Å². The molecule has 0 saturated heterocycles. The Bertz CT molecular complexity index is 348. The molecule has 2 N–H and O–H groups in total. The molecule has 0 aliphatic heterocycles. The van der Waals surface area contributed by atoms with Gasteiger partial charge in [0.25, 0.3) is 0 Å². The van der Waals surface area contributed by atoms with Crippen molar-refractivity contribution in [3.05, 3.63) is 48.6 Å². The van der Waals surface area contributed by atoms with Gasteiger partial charge in [-0.2, -0.15) is 0 Å². The van der Waals surface area contributed by atoms with Crippen molar-refractivity contribution in [3.63, 3.8) is 0 Å². The van der Waals surface area contributed by atoms with Crippen LogP contribution < -0.4 is 5.32 Å². The van der Waals surface area contributed by atoms with E-state index in [0.29, 0.717) is 25.8 Å². The number of aliphatic hydroxyl groups excluding tert-OH is 1. The Morgan fingerprint density at radius 3 is 2.76 bits per heavy atom. The minimum atomic E-state index is -0.518. The average molecular weight is 233 g/mol. The fraction of sp³-hybridized carbons (Fsp3) is 0.357. The molecule has 0 aromatic heterocycles. The summed E-state index contributed by atoms with van der Waals surface area (Å²) in [6.07, 6.45) is 2.89. The van der Waals surface area contributed by atoms with Gasteiger partial charge in [0.05, 0.1) is 6.10 Å². The summed E-state index contributed by atoms with van der Waals surface area (Å²) in [6.45, 7) is 4.05. The maximum Gasteiger partial charge on any atom is 0.220 e. The first-order chi connectivity index (χ1) is 8.24. The molecule has 1 rings (SSSR count). The molecule has 1 atom stereocenters. The standard InChI is InChI=1S/C14H19NO2/c1-2-3-9-14(17)15-11-10-13(16)12-7-5-4-6-8-12/h2,4-8,13,16H,1,3,9-11H2,(H,15,17). The molecule has 92 valence electrons. The van der Waals surface area contributed by atoms with Gasteiger partial charge in [-0.3, -0.25) is 4.79 Å². The maximum absolute atomic E-state index is 11.3. The van der Waals surface area contributed by atoms with Gasteiger partial charge in [-0.05, 0) is 18.4 Å². The number of allylic oxidation sites excluding steroid dienone is 1. The summed E-state index contributed by atoms with van der Waals surface area (Å²) in [4.78, 5) is 11.3. The Hall–Kier alpha value is -1.61. The van der Waals surface area contributed by atoms with Crippen LogP contribution >= 0.6 is 0 Å². The average Bonchev–Trinajstić information content (AvgIpc) is 2.37. The van der Waals surface area contributed by atoms with Crippen molar-refractivity contribution >= 4 is 5.91 Å². The van der Waals surface area contributed by atoms with Crippen LogP contribution in [-0.4, -0.2) is 17.6 Å². The molecule has 0 radical (unpaired) electrons. The Morgan fingerprint density at radius 2 is 2.12 bits per heavy atom. The van der Waals surface area contributed by atoms with Gasteiger partial charge < -0.3 is 10.4 Å². The number of nitrogens with one attached hydrogen (secondary N) is 1. The van der Waals surface area contributed by atoms with Gasteiger partial charge >= 0.3 is 0 Å². The van der Waals surface area contributed by atoms with Crippen LogP contribution in [0, 0.1) is 0 Å². The highest BCUT2D eigenvalue weighted by Crippen LogP contribution is 2.14. The van der Waals surface area contributed by atoms with E-state index in [9.17, 15) is 9.90 Å². The highest BCUT2D eigenvalue weighted by Gasteiger charge is 2.07. The van der Waals surface area contributed by atoms with Gasteiger partial charge in [0.2, 0.25) is 5.91 Å². The molecular weight excluding hydrogens is 214 g/mol. The van der Waals surface area contributed by atoms with Crippen molar-refractivity contribution in [1.82, 2.24) is 5.32 Å². The third-order valence-electron chi connectivity index (χ3n) is 2.50. The number of amides is 1. The van der Waals surface area contributed by atoms with E-state index >= 15 is 0 Å². The van der Waals surface area contributed by atoms with Gasteiger partial charge in [-0.25, -0.2) is 0 Å². The molecule has 0 bridgehead atoms. The van der Waals surface area contributed by atoms with Crippen molar-refractivity contribution in [2.75, 3.05) is 6.54 Å². The van der Waals surface area contributed by atoms with Crippen molar-refractivity contribution in [2.24, 2.45) is 0 Å². The van der Waals surface area contributed by atoms with E-state index in [-0.39, 0.29) is 5.91 Å². The van der Waals surface area contributed by atoms with E-state index in [0.717, 1.165) is 5.56 Å². The first-order valence-electron chi connectivity index (χ1n) is 5.84. The molecular formula is C14H19NO2. The van der Waals surface area contributed by atoms with E-state index in [1.54, 1.807) is 6.08 Å². The summed E-state index contributed by atoms with van der Waals surface area (Å²) >= 11 is 0. The monoisotopic (exact) mass is 233 g/mol. The Labute approximate surface area is 102 Å². The summed E-state index contributed by atoms with van der Waals surface area (Å²) in [7, 11) is 0. The number of rotatable bonds is 7. The van der Waals surface area contributed by atoms with Crippen LogP contribution in [0.2, 0.25) is 0 Å². The molecule has 1 amide bonds. The number of benzene rings is 1. The molecule has 0 saturated carbocycles. The molecule has 17 heavy (non-hydrogen) atoms. The van der Waals surface area contributed by atoms with Crippen LogP contribution in [0.25, 0.3) is 0 Å². The summed E-state index contributed by atoms with van der Waals surface area (Å²) in [5, 5.41) is 12.6. The lowest BCUT2D eigenvalue weighted by molar-refractivity contribution is -0.121. The quantitative estimate of drug-likeness (QED) is 0.709. The van der Waals surface area contributed by atoms with Crippen molar-refractivity contribution < 1.29 is 9.90 Å². The van der Waals surface area contributed by atoms with Gasteiger partial charge in [-0.15, -0.1) is 6.58 Å². The molecule has 1 aromatic carbocycles. The van der Waals surface area contributed by atoms with Crippen molar-refractivity contribution in [1.29, 1.82) is 0 Å². The molecule has 0 heterocycles. The lowest BCUT2D eigenvalue weighted by Gasteiger charge is -2.11. The first-order valence-corrected chi connectivity index (χ1v) is 5.84. The number of aliphatic hydroxyl groups is 1. The zero-order chi connectivity index (χ0) is 12.5. The largest absolute Gasteiger partial charge is 0.388 e. The van der Waals surface area contributed by atoms with Crippen molar-refractivity contribution in [2.45, 2.75) is 25.4 Å².